The summed E-state index contributed by atoms with van der Waals surface area (Å²) >= 11 is 0. The zero-order valence-corrected chi connectivity index (χ0v) is 15.7. The maximum absolute atomic E-state index is 4.00. The van der Waals surface area contributed by atoms with Gasteiger partial charge in [-0.2, -0.15) is 0 Å². The molecule has 0 saturated carbocycles. The highest BCUT2D eigenvalue weighted by Gasteiger charge is 2.48. The van der Waals surface area contributed by atoms with Crippen molar-refractivity contribution < 1.29 is 0 Å². The van der Waals surface area contributed by atoms with Gasteiger partial charge in [0.2, 0.25) is 8.24 Å². The third kappa shape index (κ3) is 3.02. The van der Waals surface area contributed by atoms with E-state index in [0.29, 0.717) is 0 Å². The van der Waals surface area contributed by atoms with E-state index in [1.54, 1.807) is 0 Å². The van der Waals surface area contributed by atoms with Crippen LogP contribution in [0.15, 0.2) is 91.0 Å². The number of anilines is 1. The third-order valence-electron chi connectivity index (χ3n) is 4.64. The van der Waals surface area contributed by atoms with E-state index in [2.05, 4.69) is 117 Å². The van der Waals surface area contributed by atoms with Crippen LogP contribution in [0.1, 0.15) is 20.8 Å². The van der Waals surface area contributed by atoms with Gasteiger partial charge in [0.15, 0.2) is 0 Å². The second-order valence-corrected chi connectivity index (χ2v) is 11.6. The first-order valence-corrected chi connectivity index (χ1v) is 10.5. The number of hydrogen-bond donors (Lipinski definition) is 1. The van der Waals surface area contributed by atoms with Crippen LogP contribution < -0.4 is 15.4 Å². The van der Waals surface area contributed by atoms with Crippen LogP contribution in [-0.4, -0.2) is 8.24 Å². The number of nitrogens with one attached hydrogen (secondary N) is 1. The summed E-state index contributed by atoms with van der Waals surface area (Å²) in [7, 11) is -2.24. The Balaban J connectivity index is 2.25. The van der Waals surface area contributed by atoms with Crippen molar-refractivity contribution in [2.24, 2.45) is 0 Å². The van der Waals surface area contributed by atoms with E-state index in [4.69, 9.17) is 0 Å². The Bertz CT molecular complexity index is 722. The summed E-state index contributed by atoms with van der Waals surface area (Å²) in [4.78, 5) is 4.00. The Morgan fingerprint density at radius 1 is 0.583 bits per heavy atom. The molecule has 3 rings (SSSR count). The average molecular weight is 332 g/mol. The zero-order valence-electron chi connectivity index (χ0n) is 14.7. The molecule has 0 aromatic heterocycles. The van der Waals surface area contributed by atoms with Crippen molar-refractivity contribution in [1.82, 2.24) is 0 Å². The first-order valence-electron chi connectivity index (χ1n) is 8.48. The van der Waals surface area contributed by atoms with Crippen LogP contribution in [-0.2, 0) is 0 Å². The SMILES string of the molecule is CC(C)(C)[Si](Nc1ccccc1)(c1ccccc1)c1ccccc1. The monoisotopic (exact) mass is 331 g/mol. The summed E-state index contributed by atoms with van der Waals surface area (Å²) < 4.78 is 0. The van der Waals surface area contributed by atoms with Crippen molar-refractivity contribution in [1.29, 1.82) is 0 Å². The Morgan fingerprint density at radius 3 is 1.33 bits per heavy atom. The van der Waals surface area contributed by atoms with Crippen molar-refractivity contribution in [2.75, 3.05) is 4.98 Å². The van der Waals surface area contributed by atoms with Crippen LogP contribution in [0.4, 0.5) is 5.69 Å². The molecule has 0 bridgehead atoms. The van der Waals surface area contributed by atoms with Gasteiger partial charge in [-0.1, -0.05) is 99.6 Å². The minimum absolute atomic E-state index is 0.103. The molecule has 1 N–H and O–H groups in total. The molecule has 0 heterocycles. The molecule has 3 aromatic rings. The molecule has 0 aliphatic carbocycles. The lowest BCUT2D eigenvalue weighted by atomic mass is 10.2. The first kappa shape index (κ1) is 16.5. The van der Waals surface area contributed by atoms with Gasteiger partial charge < -0.3 is 4.98 Å². The topological polar surface area (TPSA) is 12.0 Å². The van der Waals surface area contributed by atoms with Crippen molar-refractivity contribution >= 4 is 24.3 Å². The summed E-state index contributed by atoms with van der Waals surface area (Å²) in [5.74, 6) is 0. The molecule has 0 aliphatic heterocycles. The van der Waals surface area contributed by atoms with E-state index in [1.807, 2.05) is 0 Å². The zero-order chi connectivity index (χ0) is 17.0. The predicted molar refractivity (Wildman–Crippen MR) is 108 cm³/mol. The first-order chi connectivity index (χ1) is 11.5. The van der Waals surface area contributed by atoms with Crippen LogP contribution in [0.25, 0.3) is 0 Å². The minimum Gasteiger partial charge on any atom is -0.403 e. The maximum atomic E-state index is 4.00. The van der Waals surface area contributed by atoms with Gasteiger partial charge in [-0.15, -0.1) is 0 Å². The molecule has 0 unspecified atom stereocenters. The molecule has 0 fully saturated rings. The molecule has 0 atom stereocenters. The molecule has 0 radical (unpaired) electrons. The molecule has 1 nitrogen and oxygen atoms in total. The summed E-state index contributed by atoms with van der Waals surface area (Å²) in [5.41, 5.74) is 1.19. The van der Waals surface area contributed by atoms with Crippen molar-refractivity contribution in [3.05, 3.63) is 91.0 Å². The summed E-state index contributed by atoms with van der Waals surface area (Å²) in [6.45, 7) is 7.07. The van der Waals surface area contributed by atoms with E-state index in [9.17, 15) is 0 Å². The average Bonchev–Trinajstić information content (AvgIpc) is 2.61. The van der Waals surface area contributed by atoms with Crippen LogP contribution >= 0.6 is 0 Å². The maximum Gasteiger partial charge on any atom is 0.223 e. The highest BCUT2D eigenvalue weighted by molar-refractivity contribution is 7.06. The molecule has 0 spiro atoms. The van der Waals surface area contributed by atoms with Gasteiger partial charge in [0, 0.05) is 5.69 Å². The fourth-order valence-corrected chi connectivity index (χ4v) is 8.19. The molecular formula is C22H25NSi. The molecular weight excluding hydrogens is 306 g/mol. The van der Waals surface area contributed by atoms with Gasteiger partial charge in [0.05, 0.1) is 0 Å². The highest BCUT2D eigenvalue weighted by Crippen LogP contribution is 2.36. The smallest absolute Gasteiger partial charge is 0.223 e. The van der Waals surface area contributed by atoms with Gasteiger partial charge >= 0.3 is 0 Å². The minimum atomic E-state index is -2.24. The number of para-hydroxylation sites is 1. The van der Waals surface area contributed by atoms with E-state index < -0.39 is 8.24 Å². The summed E-state index contributed by atoms with van der Waals surface area (Å²) in [6.07, 6.45) is 0. The van der Waals surface area contributed by atoms with Crippen LogP contribution in [0.5, 0.6) is 0 Å². The molecule has 0 saturated heterocycles. The lowest BCUT2D eigenvalue weighted by Crippen LogP contribution is -2.70. The Morgan fingerprint density at radius 2 is 0.958 bits per heavy atom. The molecule has 2 heteroatoms. The summed E-state index contributed by atoms with van der Waals surface area (Å²) in [5, 5.41) is 2.92. The lowest BCUT2D eigenvalue weighted by Gasteiger charge is -2.44. The molecule has 122 valence electrons. The summed E-state index contributed by atoms with van der Waals surface area (Å²) in [6, 6.07) is 32.5. The largest absolute Gasteiger partial charge is 0.403 e. The molecule has 0 amide bonds. The third-order valence-corrected chi connectivity index (χ3v) is 9.96. The van der Waals surface area contributed by atoms with Crippen molar-refractivity contribution in [3.8, 4) is 0 Å². The highest BCUT2D eigenvalue weighted by atomic mass is 28.3. The Labute approximate surface area is 146 Å². The molecule has 0 aliphatic rings. The van der Waals surface area contributed by atoms with Gasteiger partial charge in [-0.3, -0.25) is 0 Å². The standard InChI is InChI=1S/C22H25NSi/c1-22(2,3)24(20-15-9-5-10-16-20,21-17-11-6-12-18-21)23-19-13-7-4-8-14-19/h4-18,23H,1-3H3. The number of hydrogen-bond acceptors (Lipinski definition) is 1. The molecule has 3 aromatic carbocycles. The number of rotatable bonds is 4. The lowest BCUT2D eigenvalue weighted by molar-refractivity contribution is 0.734. The normalized spacial score (nSPS) is 12.0. The van der Waals surface area contributed by atoms with Crippen molar-refractivity contribution in [2.45, 2.75) is 25.8 Å². The fourth-order valence-electron chi connectivity index (χ4n) is 3.48. The van der Waals surface area contributed by atoms with Gasteiger partial charge in [0.25, 0.3) is 0 Å². The second kappa shape index (κ2) is 6.66. The van der Waals surface area contributed by atoms with E-state index in [-0.39, 0.29) is 5.04 Å². The predicted octanol–water partition coefficient (Wildman–Crippen LogP) is 4.66. The number of benzene rings is 3. The Hall–Kier alpha value is -2.32. The molecule has 24 heavy (non-hydrogen) atoms. The van der Waals surface area contributed by atoms with Crippen LogP contribution in [0.3, 0.4) is 0 Å². The van der Waals surface area contributed by atoms with E-state index >= 15 is 0 Å². The quantitative estimate of drug-likeness (QED) is 0.686. The fraction of sp³-hybridized carbons (Fsp3) is 0.182. The van der Waals surface area contributed by atoms with E-state index in [0.717, 1.165) is 0 Å². The van der Waals surface area contributed by atoms with Gasteiger partial charge in [-0.05, 0) is 27.5 Å². The van der Waals surface area contributed by atoms with Crippen LogP contribution in [0, 0.1) is 0 Å². The van der Waals surface area contributed by atoms with Gasteiger partial charge in [-0.25, -0.2) is 0 Å². The van der Waals surface area contributed by atoms with Gasteiger partial charge in [0.1, 0.15) is 0 Å². The van der Waals surface area contributed by atoms with E-state index in [1.165, 1.54) is 16.1 Å². The Kier molecular flexibility index (Phi) is 4.59. The van der Waals surface area contributed by atoms with Crippen LogP contribution in [0.2, 0.25) is 5.04 Å². The van der Waals surface area contributed by atoms with Crippen molar-refractivity contribution in [3.63, 3.8) is 0 Å². The second-order valence-electron chi connectivity index (χ2n) is 7.22.